The monoisotopic (exact) mass is 180 g/mol. The lowest BCUT2D eigenvalue weighted by Gasteiger charge is -2.18. The molecule has 1 aromatic heterocycles. The zero-order valence-corrected chi connectivity index (χ0v) is 8.72. The van der Waals surface area contributed by atoms with Gasteiger partial charge in [-0.05, 0) is 12.3 Å². The summed E-state index contributed by atoms with van der Waals surface area (Å²) in [5.74, 6) is 0.977. The number of aryl methyl sites for hydroxylation is 1. The van der Waals surface area contributed by atoms with Crippen LogP contribution in [0.3, 0.4) is 0 Å². The van der Waals surface area contributed by atoms with Gasteiger partial charge in [0.25, 0.3) is 0 Å². The first kappa shape index (κ1) is 8.60. The van der Waals surface area contributed by atoms with E-state index in [2.05, 4.69) is 32.8 Å². The first-order chi connectivity index (χ1) is 6.00. The lowest BCUT2D eigenvalue weighted by Crippen LogP contribution is -2.13. The predicted molar refractivity (Wildman–Crippen MR) is 51.2 cm³/mol. The highest BCUT2D eigenvalue weighted by molar-refractivity contribution is 5.38. The molecule has 72 valence electrons. The van der Waals surface area contributed by atoms with Crippen LogP contribution in [-0.4, -0.2) is 16.4 Å². The van der Waals surface area contributed by atoms with Gasteiger partial charge in [0.05, 0.1) is 12.2 Å². The Morgan fingerprint density at radius 3 is 2.69 bits per heavy atom. The molecule has 2 rings (SSSR count). The molecule has 1 aromatic rings. The summed E-state index contributed by atoms with van der Waals surface area (Å²) in [7, 11) is 0. The first-order valence-corrected chi connectivity index (χ1v) is 4.71. The maximum absolute atomic E-state index is 5.58. The molecule has 0 unspecified atom stereocenters. The zero-order chi connectivity index (χ0) is 9.64. The summed E-state index contributed by atoms with van der Waals surface area (Å²) in [6, 6.07) is 0. The minimum absolute atomic E-state index is 0.127. The summed E-state index contributed by atoms with van der Waals surface area (Å²) in [4.78, 5) is 0. The van der Waals surface area contributed by atoms with Crippen molar-refractivity contribution < 1.29 is 4.74 Å². The Morgan fingerprint density at radius 1 is 1.38 bits per heavy atom. The Bertz CT molecular complexity index is 333. The van der Waals surface area contributed by atoms with Crippen molar-refractivity contribution in [2.75, 3.05) is 6.61 Å². The molecule has 0 spiro atoms. The van der Waals surface area contributed by atoms with Crippen LogP contribution in [0.4, 0.5) is 0 Å². The van der Waals surface area contributed by atoms with Gasteiger partial charge < -0.3 is 4.74 Å². The van der Waals surface area contributed by atoms with E-state index < -0.39 is 0 Å². The molecule has 0 N–H and O–H groups in total. The van der Waals surface area contributed by atoms with Crippen molar-refractivity contribution in [2.24, 2.45) is 0 Å². The van der Waals surface area contributed by atoms with Crippen molar-refractivity contribution in [2.45, 2.75) is 39.7 Å². The summed E-state index contributed by atoms with van der Waals surface area (Å²) in [6.07, 6.45) is 0. The van der Waals surface area contributed by atoms with Gasteiger partial charge in [-0.25, -0.2) is 4.68 Å². The van der Waals surface area contributed by atoms with Crippen molar-refractivity contribution in [3.05, 3.63) is 11.3 Å². The molecule has 13 heavy (non-hydrogen) atoms. The van der Waals surface area contributed by atoms with Crippen molar-refractivity contribution in [3.63, 3.8) is 0 Å². The zero-order valence-electron chi connectivity index (χ0n) is 8.72. The molecule has 1 aliphatic rings. The van der Waals surface area contributed by atoms with Gasteiger partial charge >= 0.3 is 0 Å². The second kappa shape index (κ2) is 2.50. The van der Waals surface area contributed by atoms with Gasteiger partial charge in [0, 0.05) is 5.56 Å². The van der Waals surface area contributed by atoms with Crippen LogP contribution < -0.4 is 4.74 Å². The molecule has 0 bridgehead atoms. The summed E-state index contributed by atoms with van der Waals surface area (Å²) < 4.78 is 7.55. The largest absolute Gasteiger partial charge is 0.476 e. The molecule has 0 aromatic carbocycles. The van der Waals surface area contributed by atoms with E-state index >= 15 is 0 Å². The van der Waals surface area contributed by atoms with E-state index in [1.165, 1.54) is 5.56 Å². The number of rotatable bonds is 0. The van der Waals surface area contributed by atoms with Crippen LogP contribution in [0.2, 0.25) is 0 Å². The third-order valence-electron chi connectivity index (χ3n) is 2.37. The highest BCUT2D eigenvalue weighted by Gasteiger charge is 2.29. The van der Waals surface area contributed by atoms with Crippen LogP contribution in [0, 0.1) is 6.92 Å². The number of ether oxygens (including phenoxy) is 1. The van der Waals surface area contributed by atoms with E-state index in [0.29, 0.717) is 0 Å². The quantitative estimate of drug-likeness (QED) is 0.609. The first-order valence-electron chi connectivity index (χ1n) is 4.71. The van der Waals surface area contributed by atoms with Gasteiger partial charge in [-0.3, -0.25) is 0 Å². The standard InChI is InChI=1S/C10H16N2O/c1-7-8(10(2,3)4)9-12(11-7)5-6-13-9/h5-6H2,1-4H3. The molecule has 0 atom stereocenters. The SMILES string of the molecule is Cc1nn2c(c1C(C)(C)C)OCC2. The normalized spacial score (nSPS) is 15.7. The Labute approximate surface area is 78.7 Å². The van der Waals surface area contributed by atoms with Crippen molar-refractivity contribution in [1.29, 1.82) is 0 Å². The summed E-state index contributed by atoms with van der Waals surface area (Å²) in [5, 5.41) is 4.45. The fraction of sp³-hybridized carbons (Fsp3) is 0.700. The molecule has 0 aliphatic carbocycles. The van der Waals surface area contributed by atoms with Crippen LogP contribution in [0.1, 0.15) is 32.0 Å². The lowest BCUT2D eigenvalue weighted by molar-refractivity contribution is 0.346. The fourth-order valence-electron chi connectivity index (χ4n) is 1.95. The van der Waals surface area contributed by atoms with Gasteiger partial charge in [-0.15, -0.1) is 0 Å². The summed E-state index contributed by atoms with van der Waals surface area (Å²) >= 11 is 0. The average molecular weight is 180 g/mol. The average Bonchev–Trinajstić information content (AvgIpc) is 2.41. The second-order valence-corrected chi connectivity index (χ2v) is 4.59. The summed E-state index contributed by atoms with van der Waals surface area (Å²) in [5.41, 5.74) is 2.48. The van der Waals surface area contributed by atoms with Gasteiger partial charge in [-0.2, -0.15) is 5.10 Å². The van der Waals surface area contributed by atoms with Gasteiger partial charge in [-0.1, -0.05) is 20.8 Å². The van der Waals surface area contributed by atoms with E-state index in [0.717, 1.165) is 24.7 Å². The molecule has 0 saturated carbocycles. The highest BCUT2D eigenvalue weighted by Crippen LogP contribution is 2.35. The van der Waals surface area contributed by atoms with E-state index in [4.69, 9.17) is 4.74 Å². The van der Waals surface area contributed by atoms with Gasteiger partial charge in [0.2, 0.25) is 5.88 Å². The maximum Gasteiger partial charge on any atom is 0.216 e. The van der Waals surface area contributed by atoms with E-state index in [9.17, 15) is 0 Å². The van der Waals surface area contributed by atoms with Crippen LogP contribution >= 0.6 is 0 Å². The Balaban J connectivity index is 2.56. The minimum atomic E-state index is 0.127. The lowest BCUT2D eigenvalue weighted by atomic mass is 9.87. The molecular weight excluding hydrogens is 164 g/mol. The fourth-order valence-corrected chi connectivity index (χ4v) is 1.95. The molecule has 1 aliphatic heterocycles. The van der Waals surface area contributed by atoms with Gasteiger partial charge in [0.15, 0.2) is 0 Å². The number of nitrogens with zero attached hydrogens (tertiary/aromatic N) is 2. The Morgan fingerprint density at radius 2 is 2.08 bits per heavy atom. The number of fused-ring (bicyclic) bond motifs is 1. The Hall–Kier alpha value is -0.990. The molecule has 0 fully saturated rings. The van der Waals surface area contributed by atoms with Crippen molar-refractivity contribution >= 4 is 0 Å². The van der Waals surface area contributed by atoms with E-state index in [1.54, 1.807) is 0 Å². The topological polar surface area (TPSA) is 27.1 Å². The molecule has 2 heterocycles. The van der Waals surface area contributed by atoms with Crippen LogP contribution in [0.15, 0.2) is 0 Å². The van der Waals surface area contributed by atoms with Crippen LogP contribution in [-0.2, 0) is 12.0 Å². The van der Waals surface area contributed by atoms with E-state index in [-0.39, 0.29) is 5.41 Å². The molecule has 3 nitrogen and oxygen atoms in total. The van der Waals surface area contributed by atoms with Crippen LogP contribution in [0.25, 0.3) is 0 Å². The summed E-state index contributed by atoms with van der Waals surface area (Å²) in [6.45, 7) is 10.3. The third-order valence-corrected chi connectivity index (χ3v) is 2.37. The molecule has 0 amide bonds. The van der Waals surface area contributed by atoms with Crippen LogP contribution in [0.5, 0.6) is 5.88 Å². The number of hydrogen-bond acceptors (Lipinski definition) is 2. The van der Waals surface area contributed by atoms with E-state index in [1.807, 2.05) is 4.68 Å². The number of hydrogen-bond donors (Lipinski definition) is 0. The molecule has 0 radical (unpaired) electrons. The highest BCUT2D eigenvalue weighted by atomic mass is 16.5. The minimum Gasteiger partial charge on any atom is -0.476 e. The van der Waals surface area contributed by atoms with Crippen molar-refractivity contribution in [3.8, 4) is 5.88 Å². The van der Waals surface area contributed by atoms with Gasteiger partial charge in [0.1, 0.15) is 6.61 Å². The maximum atomic E-state index is 5.58. The Kier molecular flexibility index (Phi) is 1.65. The van der Waals surface area contributed by atoms with Crippen molar-refractivity contribution in [1.82, 2.24) is 9.78 Å². The molecule has 3 heteroatoms. The predicted octanol–water partition coefficient (Wildman–Crippen LogP) is 1.88. The third kappa shape index (κ3) is 1.23. The molecular formula is C10H16N2O. The second-order valence-electron chi connectivity index (χ2n) is 4.59. The number of aromatic nitrogens is 2. The smallest absolute Gasteiger partial charge is 0.216 e. The molecule has 0 saturated heterocycles.